The van der Waals surface area contributed by atoms with Crippen LogP contribution in [0.2, 0.25) is 0 Å². The van der Waals surface area contributed by atoms with Crippen LogP contribution in [0, 0.1) is 26.7 Å². The van der Waals surface area contributed by atoms with Crippen molar-refractivity contribution in [2.45, 2.75) is 39.7 Å². The van der Waals surface area contributed by atoms with Gasteiger partial charge in [0.15, 0.2) is 0 Å². The number of benzene rings is 2. The number of esters is 2. The van der Waals surface area contributed by atoms with Crippen LogP contribution in [0.25, 0.3) is 0 Å². The molecule has 27 heavy (non-hydrogen) atoms. The number of carbonyl (C=O) groups excluding carboxylic acids is 2. The average molecular weight is 362 g/mol. The number of aryl methyl sites for hydroxylation is 2. The van der Waals surface area contributed by atoms with Crippen molar-refractivity contribution in [2.24, 2.45) is 5.92 Å². The average Bonchev–Trinajstić information content (AvgIpc) is 2.93. The minimum absolute atomic E-state index is 0.00539. The molecule has 1 saturated heterocycles. The summed E-state index contributed by atoms with van der Waals surface area (Å²) in [6.07, 6.45) is 1.39. The molecular formula is C23H22O4. The summed E-state index contributed by atoms with van der Waals surface area (Å²) in [5.41, 5.74) is 6.13. The maximum absolute atomic E-state index is 12.6. The van der Waals surface area contributed by atoms with Gasteiger partial charge in [-0.2, -0.15) is 0 Å². The van der Waals surface area contributed by atoms with Crippen LogP contribution in [0.15, 0.2) is 42.5 Å². The Hall–Kier alpha value is -2.88. The Balaban J connectivity index is 1.73. The molecule has 2 aliphatic rings. The molecule has 4 nitrogen and oxygen atoms in total. The first-order valence-corrected chi connectivity index (χ1v) is 9.18. The Morgan fingerprint density at radius 3 is 2.74 bits per heavy atom. The molecular weight excluding hydrogens is 340 g/mol. The minimum atomic E-state index is -0.388. The van der Waals surface area contributed by atoms with Crippen molar-refractivity contribution >= 4 is 11.9 Å². The second-order valence-electron chi connectivity index (χ2n) is 7.46. The predicted molar refractivity (Wildman–Crippen MR) is 102 cm³/mol. The second-order valence-corrected chi connectivity index (χ2v) is 7.46. The van der Waals surface area contributed by atoms with Crippen molar-refractivity contribution in [3.63, 3.8) is 0 Å². The summed E-state index contributed by atoms with van der Waals surface area (Å²) in [5.74, 6) is -0.184. The van der Waals surface area contributed by atoms with Crippen LogP contribution >= 0.6 is 0 Å². The van der Waals surface area contributed by atoms with Gasteiger partial charge < -0.3 is 9.47 Å². The first-order valence-electron chi connectivity index (χ1n) is 9.18. The van der Waals surface area contributed by atoms with Crippen LogP contribution in [0.1, 0.15) is 50.7 Å². The van der Waals surface area contributed by atoms with Gasteiger partial charge in [0.25, 0.3) is 0 Å². The van der Waals surface area contributed by atoms with Crippen LogP contribution in [0.3, 0.4) is 0 Å². The number of hydrogen-bond donors (Lipinski definition) is 0. The lowest BCUT2D eigenvalue weighted by Crippen LogP contribution is -2.21. The Kier molecular flexibility index (Phi) is 4.14. The maximum atomic E-state index is 12.6. The quantitative estimate of drug-likeness (QED) is 0.447. The first-order chi connectivity index (χ1) is 12.9. The zero-order chi connectivity index (χ0) is 19.3. The monoisotopic (exact) mass is 362 g/mol. The van der Waals surface area contributed by atoms with Crippen molar-refractivity contribution in [1.29, 1.82) is 0 Å². The highest BCUT2D eigenvalue weighted by Gasteiger charge is 2.44. The Morgan fingerprint density at radius 1 is 1.22 bits per heavy atom. The van der Waals surface area contributed by atoms with Crippen LogP contribution in [0.4, 0.5) is 0 Å². The van der Waals surface area contributed by atoms with E-state index in [9.17, 15) is 9.59 Å². The lowest BCUT2D eigenvalue weighted by atomic mass is 9.76. The predicted octanol–water partition coefficient (Wildman–Crippen LogP) is 4.55. The topological polar surface area (TPSA) is 52.6 Å². The molecule has 2 aromatic carbocycles. The number of rotatable bonds is 2. The van der Waals surface area contributed by atoms with Gasteiger partial charge in [-0.15, -0.1) is 0 Å². The molecule has 0 saturated carbocycles. The van der Waals surface area contributed by atoms with Gasteiger partial charge in [0.05, 0.1) is 5.56 Å². The van der Waals surface area contributed by atoms with Crippen LogP contribution < -0.4 is 4.74 Å². The van der Waals surface area contributed by atoms with Crippen molar-refractivity contribution in [2.75, 3.05) is 0 Å². The largest absolute Gasteiger partial charge is 0.453 e. The van der Waals surface area contributed by atoms with E-state index in [4.69, 9.17) is 9.47 Å². The normalized spacial score (nSPS) is 20.7. The molecule has 0 radical (unpaired) electrons. The zero-order valence-corrected chi connectivity index (χ0v) is 15.8. The number of fused-ring (bicyclic) bond motifs is 3. The zero-order valence-electron chi connectivity index (χ0n) is 15.8. The van der Waals surface area contributed by atoms with Gasteiger partial charge in [-0.1, -0.05) is 24.3 Å². The van der Waals surface area contributed by atoms with Crippen LogP contribution in [0.5, 0.6) is 5.75 Å². The van der Waals surface area contributed by atoms with E-state index in [1.807, 2.05) is 45.0 Å². The summed E-state index contributed by atoms with van der Waals surface area (Å²) in [6.45, 7) is 9.77. The fourth-order valence-electron chi connectivity index (χ4n) is 4.21. The van der Waals surface area contributed by atoms with E-state index in [1.54, 1.807) is 6.07 Å². The van der Waals surface area contributed by atoms with E-state index < -0.39 is 0 Å². The fraction of sp³-hybridized carbons (Fsp3) is 0.304. The minimum Gasteiger partial charge on any atom is -0.453 e. The third-order valence-electron chi connectivity index (χ3n) is 5.68. The highest BCUT2D eigenvalue weighted by molar-refractivity contribution is 5.92. The van der Waals surface area contributed by atoms with Gasteiger partial charge in [0.1, 0.15) is 11.9 Å². The summed E-state index contributed by atoms with van der Waals surface area (Å²) in [7, 11) is 0. The van der Waals surface area contributed by atoms with Gasteiger partial charge in [-0.05, 0) is 68.5 Å². The molecule has 1 heterocycles. The van der Waals surface area contributed by atoms with Gasteiger partial charge in [0.2, 0.25) is 0 Å². The van der Waals surface area contributed by atoms with E-state index in [0.29, 0.717) is 16.9 Å². The molecule has 4 rings (SSSR count). The highest BCUT2D eigenvalue weighted by Crippen LogP contribution is 2.49. The van der Waals surface area contributed by atoms with E-state index >= 15 is 0 Å². The molecule has 0 spiro atoms. The Labute approximate surface area is 158 Å². The molecule has 0 amide bonds. The number of ether oxygens (including phenoxy) is 2. The smallest absolute Gasteiger partial charge is 0.343 e. The van der Waals surface area contributed by atoms with Gasteiger partial charge in [-0.25, -0.2) is 9.59 Å². The molecule has 0 unspecified atom stereocenters. The Bertz CT molecular complexity index is 986. The van der Waals surface area contributed by atoms with Gasteiger partial charge in [0, 0.05) is 17.1 Å². The van der Waals surface area contributed by atoms with E-state index in [1.165, 1.54) is 5.56 Å². The molecule has 4 heteroatoms. The van der Waals surface area contributed by atoms with Gasteiger partial charge >= 0.3 is 11.9 Å². The SMILES string of the molecule is C=C1C(=O)O[C@H]2c3c(C)c(OC(=O)c4cccc(C)c4)cc(C)c3CC[C@@H]12. The van der Waals surface area contributed by atoms with Crippen molar-refractivity contribution in [1.82, 2.24) is 0 Å². The van der Waals surface area contributed by atoms with Gasteiger partial charge in [-0.3, -0.25) is 0 Å². The summed E-state index contributed by atoms with van der Waals surface area (Å²) < 4.78 is 11.4. The maximum Gasteiger partial charge on any atom is 0.343 e. The molecule has 2 atom stereocenters. The number of carbonyl (C=O) groups is 2. The number of hydrogen-bond acceptors (Lipinski definition) is 4. The molecule has 1 aliphatic heterocycles. The van der Waals surface area contributed by atoms with Crippen molar-refractivity contribution in [3.8, 4) is 5.75 Å². The van der Waals surface area contributed by atoms with Crippen LogP contribution in [-0.4, -0.2) is 11.9 Å². The molecule has 0 bridgehead atoms. The third-order valence-corrected chi connectivity index (χ3v) is 5.68. The van der Waals surface area contributed by atoms with E-state index in [-0.39, 0.29) is 24.0 Å². The van der Waals surface area contributed by atoms with Crippen LogP contribution in [-0.2, 0) is 16.0 Å². The first kappa shape index (κ1) is 17.5. The van der Waals surface area contributed by atoms with Crippen molar-refractivity contribution in [3.05, 3.63) is 75.9 Å². The van der Waals surface area contributed by atoms with E-state index in [2.05, 4.69) is 6.58 Å². The molecule has 0 aromatic heterocycles. The molecule has 2 aromatic rings. The molecule has 0 N–H and O–H groups in total. The summed E-state index contributed by atoms with van der Waals surface area (Å²) in [5, 5.41) is 0. The third kappa shape index (κ3) is 2.85. The van der Waals surface area contributed by atoms with E-state index in [0.717, 1.165) is 35.1 Å². The molecule has 1 aliphatic carbocycles. The second kappa shape index (κ2) is 6.38. The fourth-order valence-corrected chi connectivity index (χ4v) is 4.21. The molecule has 1 fully saturated rings. The summed E-state index contributed by atoms with van der Waals surface area (Å²) in [6, 6.07) is 9.24. The Morgan fingerprint density at radius 2 is 2.00 bits per heavy atom. The van der Waals surface area contributed by atoms with Crippen molar-refractivity contribution < 1.29 is 19.1 Å². The summed E-state index contributed by atoms with van der Waals surface area (Å²) in [4.78, 5) is 24.6. The standard InChI is InChI=1S/C23H22O4/c1-12-6-5-7-16(10-12)23(25)26-19-11-13(2)17-8-9-18-14(3)22(24)27-21(18)20(17)15(19)4/h5-7,10-11,18,21H,3,8-9H2,1-2,4H3/t18-,21+/m0/s1. The summed E-state index contributed by atoms with van der Waals surface area (Å²) >= 11 is 0. The lowest BCUT2D eigenvalue weighted by molar-refractivity contribution is -0.139. The molecule has 138 valence electrons. The highest BCUT2D eigenvalue weighted by atomic mass is 16.6. The lowest BCUT2D eigenvalue weighted by Gasteiger charge is -2.30.